The summed E-state index contributed by atoms with van der Waals surface area (Å²) in [4.78, 5) is 4.10. The maximum absolute atomic E-state index is 13.0. The molecule has 0 bridgehead atoms. The fraction of sp³-hybridized carbons (Fsp3) is 0.267. The van der Waals surface area contributed by atoms with Crippen LogP contribution in [0.25, 0.3) is 0 Å². The van der Waals surface area contributed by atoms with Crippen molar-refractivity contribution >= 4 is 21.6 Å². The van der Waals surface area contributed by atoms with E-state index in [9.17, 15) is 9.50 Å². The van der Waals surface area contributed by atoms with Gasteiger partial charge in [-0.3, -0.25) is 4.98 Å². The van der Waals surface area contributed by atoms with Crippen molar-refractivity contribution in [1.29, 1.82) is 0 Å². The van der Waals surface area contributed by atoms with Gasteiger partial charge in [0, 0.05) is 10.2 Å². The van der Waals surface area contributed by atoms with Gasteiger partial charge in [-0.15, -0.1) is 0 Å². The van der Waals surface area contributed by atoms with Gasteiger partial charge < -0.3 is 10.4 Å². The maximum atomic E-state index is 13.0. The van der Waals surface area contributed by atoms with Crippen molar-refractivity contribution in [3.63, 3.8) is 0 Å². The quantitative estimate of drug-likeness (QED) is 0.873. The molecule has 3 nitrogen and oxygen atoms in total. The molecule has 0 aliphatic rings. The largest absolute Gasteiger partial charge is 0.394 e. The van der Waals surface area contributed by atoms with Crippen molar-refractivity contribution in [2.75, 3.05) is 11.9 Å². The molecule has 0 amide bonds. The van der Waals surface area contributed by atoms with Crippen molar-refractivity contribution in [2.45, 2.75) is 18.9 Å². The molecule has 0 aliphatic heterocycles. The van der Waals surface area contributed by atoms with E-state index in [1.807, 2.05) is 31.2 Å². The van der Waals surface area contributed by atoms with Crippen molar-refractivity contribution in [3.05, 3.63) is 58.6 Å². The molecule has 1 aromatic heterocycles. The minimum atomic E-state index is -0.721. The lowest BCUT2D eigenvalue weighted by atomic mass is 9.91. The molecule has 2 N–H and O–H groups in total. The summed E-state index contributed by atoms with van der Waals surface area (Å²) in [5.41, 5.74) is 0.767. The highest BCUT2D eigenvalue weighted by molar-refractivity contribution is 9.10. The lowest BCUT2D eigenvalue weighted by Crippen LogP contribution is -2.39. The van der Waals surface area contributed by atoms with Crippen molar-refractivity contribution < 1.29 is 9.50 Å². The van der Waals surface area contributed by atoms with E-state index < -0.39 is 5.54 Å². The van der Waals surface area contributed by atoms with Gasteiger partial charge in [0.2, 0.25) is 0 Å². The molecule has 0 saturated carbocycles. The van der Waals surface area contributed by atoms with E-state index in [0.717, 1.165) is 10.2 Å². The molecule has 0 fully saturated rings. The van der Waals surface area contributed by atoms with Gasteiger partial charge >= 0.3 is 0 Å². The SMILES string of the molecule is CCC(CO)(Nc1ccc(Br)cc1)c1ccc(F)cn1. The molecule has 5 heteroatoms. The summed E-state index contributed by atoms with van der Waals surface area (Å²) in [5.74, 6) is -0.389. The number of aromatic nitrogens is 1. The van der Waals surface area contributed by atoms with E-state index in [1.165, 1.54) is 12.3 Å². The first kappa shape index (κ1) is 14.9. The summed E-state index contributed by atoms with van der Waals surface area (Å²) in [5, 5.41) is 13.1. The van der Waals surface area contributed by atoms with Gasteiger partial charge in [-0.1, -0.05) is 22.9 Å². The van der Waals surface area contributed by atoms with Gasteiger partial charge in [0.15, 0.2) is 0 Å². The van der Waals surface area contributed by atoms with Crippen LogP contribution in [0.5, 0.6) is 0 Å². The van der Waals surface area contributed by atoms with Crippen LogP contribution in [0.15, 0.2) is 47.1 Å². The summed E-state index contributed by atoms with van der Waals surface area (Å²) in [6, 6.07) is 10.6. The number of benzene rings is 1. The van der Waals surface area contributed by atoms with Gasteiger partial charge in [0.1, 0.15) is 11.4 Å². The van der Waals surface area contributed by atoms with Crippen LogP contribution in [-0.2, 0) is 5.54 Å². The Morgan fingerprint density at radius 1 is 1.25 bits per heavy atom. The van der Waals surface area contributed by atoms with Crippen LogP contribution in [0, 0.1) is 5.82 Å². The van der Waals surface area contributed by atoms with Gasteiger partial charge in [0.05, 0.1) is 18.5 Å². The topological polar surface area (TPSA) is 45.1 Å². The van der Waals surface area contributed by atoms with Crippen LogP contribution < -0.4 is 5.32 Å². The predicted octanol–water partition coefficient (Wildman–Crippen LogP) is 3.69. The fourth-order valence-corrected chi connectivity index (χ4v) is 2.30. The number of anilines is 1. The van der Waals surface area contributed by atoms with Gasteiger partial charge in [-0.2, -0.15) is 0 Å². The Kier molecular flexibility index (Phi) is 4.73. The Morgan fingerprint density at radius 3 is 2.45 bits per heavy atom. The molecule has 0 radical (unpaired) electrons. The highest BCUT2D eigenvalue weighted by Gasteiger charge is 2.31. The Hall–Kier alpha value is -1.46. The summed E-state index contributed by atoms with van der Waals surface area (Å²) in [7, 11) is 0. The number of aliphatic hydroxyl groups excluding tert-OH is 1. The molecule has 1 unspecified atom stereocenters. The smallest absolute Gasteiger partial charge is 0.141 e. The van der Waals surface area contributed by atoms with Crippen molar-refractivity contribution in [2.24, 2.45) is 0 Å². The van der Waals surface area contributed by atoms with E-state index in [-0.39, 0.29) is 12.4 Å². The van der Waals surface area contributed by atoms with Crippen LogP contribution in [-0.4, -0.2) is 16.7 Å². The molecule has 1 aromatic carbocycles. The van der Waals surface area contributed by atoms with Gasteiger partial charge in [-0.05, 0) is 42.8 Å². The number of hydrogen-bond acceptors (Lipinski definition) is 3. The van der Waals surface area contributed by atoms with Crippen LogP contribution in [0.3, 0.4) is 0 Å². The number of rotatable bonds is 5. The highest BCUT2D eigenvalue weighted by atomic mass is 79.9. The number of aliphatic hydroxyl groups is 1. The number of hydrogen-bond donors (Lipinski definition) is 2. The first-order valence-corrected chi connectivity index (χ1v) is 7.15. The van der Waals surface area contributed by atoms with E-state index in [4.69, 9.17) is 0 Å². The third-order valence-electron chi connectivity index (χ3n) is 3.32. The second-order valence-electron chi connectivity index (χ2n) is 4.59. The normalized spacial score (nSPS) is 13.8. The first-order chi connectivity index (χ1) is 9.59. The Labute approximate surface area is 126 Å². The average molecular weight is 339 g/mol. The zero-order valence-electron chi connectivity index (χ0n) is 11.1. The standard InChI is InChI=1S/C15H16BrFN2O/c1-2-15(10-20,14-8-5-12(17)9-18-14)19-13-6-3-11(16)4-7-13/h3-9,19-20H,2,10H2,1H3. The minimum absolute atomic E-state index is 0.127. The zero-order chi connectivity index (χ0) is 14.6. The monoisotopic (exact) mass is 338 g/mol. The lowest BCUT2D eigenvalue weighted by Gasteiger charge is -2.32. The third-order valence-corrected chi connectivity index (χ3v) is 3.85. The van der Waals surface area contributed by atoms with Crippen LogP contribution >= 0.6 is 15.9 Å². The lowest BCUT2D eigenvalue weighted by molar-refractivity contribution is 0.204. The molecule has 1 heterocycles. The Bertz CT molecular complexity index is 553. The molecule has 0 spiro atoms. The molecular weight excluding hydrogens is 323 g/mol. The molecule has 1 atom stereocenters. The summed E-state index contributed by atoms with van der Waals surface area (Å²) >= 11 is 3.38. The highest BCUT2D eigenvalue weighted by Crippen LogP contribution is 2.28. The number of nitrogens with zero attached hydrogens (tertiary/aromatic N) is 1. The molecule has 2 rings (SSSR count). The van der Waals surface area contributed by atoms with E-state index in [0.29, 0.717) is 12.1 Å². The maximum Gasteiger partial charge on any atom is 0.141 e. The third kappa shape index (κ3) is 3.16. The summed E-state index contributed by atoms with van der Waals surface area (Å²) < 4.78 is 14.0. The molecular formula is C15H16BrFN2O. The van der Waals surface area contributed by atoms with Gasteiger partial charge in [-0.25, -0.2) is 4.39 Å². The fourth-order valence-electron chi connectivity index (χ4n) is 2.03. The Morgan fingerprint density at radius 2 is 1.95 bits per heavy atom. The second-order valence-corrected chi connectivity index (χ2v) is 5.50. The second kappa shape index (κ2) is 6.33. The van der Waals surface area contributed by atoms with Gasteiger partial charge in [0.25, 0.3) is 0 Å². The number of nitrogens with one attached hydrogen (secondary N) is 1. The Balaban J connectivity index is 2.33. The molecule has 106 valence electrons. The number of pyridine rings is 1. The van der Waals surface area contributed by atoms with E-state index in [2.05, 4.69) is 26.2 Å². The predicted molar refractivity (Wildman–Crippen MR) is 81.0 cm³/mol. The first-order valence-electron chi connectivity index (χ1n) is 6.36. The van der Waals surface area contributed by atoms with Crippen molar-refractivity contribution in [1.82, 2.24) is 4.98 Å². The summed E-state index contributed by atoms with van der Waals surface area (Å²) in [6.07, 6.45) is 1.79. The summed E-state index contributed by atoms with van der Waals surface area (Å²) in [6.45, 7) is 1.82. The minimum Gasteiger partial charge on any atom is -0.394 e. The van der Waals surface area contributed by atoms with Crippen LogP contribution in [0.2, 0.25) is 0 Å². The zero-order valence-corrected chi connectivity index (χ0v) is 12.7. The van der Waals surface area contributed by atoms with Crippen molar-refractivity contribution in [3.8, 4) is 0 Å². The number of halogens is 2. The van der Waals surface area contributed by atoms with E-state index >= 15 is 0 Å². The molecule has 0 saturated heterocycles. The molecule has 0 aliphatic carbocycles. The van der Waals surface area contributed by atoms with E-state index in [1.54, 1.807) is 6.07 Å². The van der Waals surface area contributed by atoms with Crippen LogP contribution in [0.1, 0.15) is 19.0 Å². The average Bonchev–Trinajstić information content (AvgIpc) is 2.48. The van der Waals surface area contributed by atoms with Crippen LogP contribution in [0.4, 0.5) is 10.1 Å². The molecule has 20 heavy (non-hydrogen) atoms. The molecule has 2 aromatic rings.